The third-order valence-electron chi connectivity index (χ3n) is 2.83. The van der Waals surface area contributed by atoms with Crippen LogP contribution in [0.15, 0.2) is 67.3 Å². The number of benzene rings is 2. The first-order valence-electron chi connectivity index (χ1n) is 6.48. The molecule has 3 heteroatoms. The van der Waals surface area contributed by atoms with E-state index >= 15 is 0 Å². The first-order chi connectivity index (χ1) is 9.79. The minimum absolute atomic E-state index is 0.353. The van der Waals surface area contributed by atoms with E-state index in [9.17, 15) is 4.79 Å². The Bertz CT molecular complexity index is 561. The minimum atomic E-state index is -0.353. The van der Waals surface area contributed by atoms with E-state index in [2.05, 4.69) is 43.0 Å². The van der Waals surface area contributed by atoms with E-state index < -0.39 is 0 Å². The topological polar surface area (TPSA) is 26.3 Å². The van der Waals surface area contributed by atoms with Gasteiger partial charge in [0.25, 0.3) is 0 Å². The normalized spacial score (nSPS) is 10.6. The fraction of sp³-hybridized carbons (Fsp3) is 0.118. The number of hydrogen-bond acceptors (Lipinski definition) is 2. The number of carbonyl (C=O) groups is 1. The Labute approximate surface area is 121 Å². The summed E-state index contributed by atoms with van der Waals surface area (Å²) in [7, 11) is 0.648. The van der Waals surface area contributed by atoms with Gasteiger partial charge in [0.2, 0.25) is 0 Å². The Morgan fingerprint density at radius 3 is 2.35 bits per heavy atom. The van der Waals surface area contributed by atoms with Crippen molar-refractivity contribution in [3.8, 4) is 11.1 Å². The zero-order valence-corrected chi connectivity index (χ0v) is 12.2. The van der Waals surface area contributed by atoms with Crippen LogP contribution < -0.4 is 5.30 Å². The van der Waals surface area contributed by atoms with Crippen molar-refractivity contribution in [1.29, 1.82) is 0 Å². The molecule has 0 spiro atoms. The molecule has 20 heavy (non-hydrogen) atoms. The van der Waals surface area contributed by atoms with Gasteiger partial charge >= 0.3 is 5.97 Å². The van der Waals surface area contributed by atoms with E-state index in [0.29, 0.717) is 15.2 Å². The van der Waals surface area contributed by atoms with Gasteiger partial charge in [-0.15, -0.1) is 0 Å². The molecule has 102 valence electrons. The van der Waals surface area contributed by atoms with E-state index in [1.165, 1.54) is 22.5 Å². The average Bonchev–Trinajstić information content (AvgIpc) is 2.52. The molecule has 2 aromatic carbocycles. The molecule has 2 aromatic rings. The van der Waals surface area contributed by atoms with Gasteiger partial charge in [0.1, 0.15) is 0 Å². The van der Waals surface area contributed by atoms with Gasteiger partial charge < -0.3 is 4.74 Å². The Hall–Kier alpha value is -1.92. The molecular weight excluding hydrogens is 267 g/mol. The molecule has 2 nitrogen and oxygen atoms in total. The molecule has 0 aliphatic rings. The zero-order chi connectivity index (χ0) is 14.2. The van der Waals surface area contributed by atoms with Crippen LogP contribution in [-0.4, -0.2) is 18.7 Å². The average molecular weight is 284 g/mol. The molecule has 0 amide bonds. The fourth-order valence-corrected chi connectivity index (χ4v) is 2.71. The SMILES string of the molecule is C=CC(=O)OCCPc1ccc(-c2ccccc2)cc1. The van der Waals surface area contributed by atoms with Crippen LogP contribution in [0.4, 0.5) is 0 Å². The Kier molecular flexibility index (Phi) is 5.52. The zero-order valence-electron chi connectivity index (χ0n) is 11.2. The standard InChI is InChI=1S/C17H17O2P/c1-2-17(18)19-12-13-20-16-10-8-15(9-11-16)14-6-4-3-5-7-14/h2-11,20H,1,12-13H2. The molecule has 0 aromatic heterocycles. The third-order valence-corrected chi connectivity index (χ3v) is 4.03. The van der Waals surface area contributed by atoms with Crippen molar-refractivity contribution < 1.29 is 9.53 Å². The Balaban J connectivity index is 1.86. The number of carbonyl (C=O) groups excluding carboxylic acids is 1. The van der Waals surface area contributed by atoms with Crippen molar-refractivity contribution in [2.75, 3.05) is 12.8 Å². The predicted molar refractivity (Wildman–Crippen MR) is 85.9 cm³/mol. The molecule has 0 radical (unpaired) electrons. The number of rotatable bonds is 6. The molecule has 0 bridgehead atoms. The Morgan fingerprint density at radius 2 is 1.70 bits per heavy atom. The van der Waals surface area contributed by atoms with Crippen LogP contribution in [0.2, 0.25) is 0 Å². The molecule has 0 aliphatic heterocycles. The summed E-state index contributed by atoms with van der Waals surface area (Å²) < 4.78 is 4.96. The summed E-state index contributed by atoms with van der Waals surface area (Å²) in [5.41, 5.74) is 2.44. The smallest absolute Gasteiger partial charge is 0.330 e. The van der Waals surface area contributed by atoms with Crippen LogP contribution in [0, 0.1) is 0 Å². The number of esters is 1. The van der Waals surface area contributed by atoms with E-state index in [1.54, 1.807) is 0 Å². The van der Waals surface area contributed by atoms with Crippen molar-refractivity contribution >= 4 is 19.9 Å². The van der Waals surface area contributed by atoms with Crippen molar-refractivity contribution in [3.05, 3.63) is 67.3 Å². The van der Waals surface area contributed by atoms with Crippen LogP contribution in [0.1, 0.15) is 0 Å². The number of hydrogen-bond donors (Lipinski definition) is 0. The molecule has 0 saturated heterocycles. The lowest BCUT2D eigenvalue weighted by atomic mass is 10.1. The lowest BCUT2D eigenvalue weighted by Gasteiger charge is -2.05. The minimum Gasteiger partial charge on any atom is -0.462 e. The van der Waals surface area contributed by atoms with E-state index in [-0.39, 0.29) is 5.97 Å². The van der Waals surface area contributed by atoms with Gasteiger partial charge in [0.05, 0.1) is 6.61 Å². The second-order valence-corrected chi connectivity index (χ2v) is 5.67. The summed E-state index contributed by atoms with van der Waals surface area (Å²) in [6.07, 6.45) is 2.04. The lowest BCUT2D eigenvalue weighted by molar-refractivity contribution is -0.137. The van der Waals surface area contributed by atoms with Crippen molar-refractivity contribution in [3.63, 3.8) is 0 Å². The van der Waals surface area contributed by atoms with E-state index in [0.717, 1.165) is 6.16 Å². The highest BCUT2D eigenvalue weighted by Gasteiger charge is 1.99. The number of ether oxygens (including phenoxy) is 1. The molecule has 1 atom stereocenters. The molecule has 0 fully saturated rings. The molecule has 1 unspecified atom stereocenters. The molecule has 0 N–H and O–H groups in total. The maximum atomic E-state index is 10.9. The van der Waals surface area contributed by atoms with Gasteiger partial charge in [0.15, 0.2) is 0 Å². The van der Waals surface area contributed by atoms with Gasteiger partial charge in [-0.3, -0.25) is 0 Å². The van der Waals surface area contributed by atoms with Gasteiger partial charge in [-0.05, 0) is 16.4 Å². The summed E-state index contributed by atoms with van der Waals surface area (Å²) in [4.78, 5) is 10.9. The highest BCUT2D eigenvalue weighted by molar-refractivity contribution is 7.47. The molecule has 0 saturated carbocycles. The van der Waals surface area contributed by atoms with Crippen molar-refractivity contribution in [2.24, 2.45) is 0 Å². The van der Waals surface area contributed by atoms with Crippen molar-refractivity contribution in [1.82, 2.24) is 0 Å². The highest BCUT2D eigenvalue weighted by Crippen LogP contribution is 2.19. The fourth-order valence-electron chi connectivity index (χ4n) is 1.82. The van der Waals surface area contributed by atoms with Crippen LogP contribution in [-0.2, 0) is 9.53 Å². The van der Waals surface area contributed by atoms with Crippen LogP contribution >= 0.6 is 8.58 Å². The van der Waals surface area contributed by atoms with Gasteiger partial charge in [-0.2, -0.15) is 0 Å². The molecular formula is C17H17O2P. The molecule has 2 rings (SSSR count). The first-order valence-corrected chi connectivity index (χ1v) is 7.69. The second-order valence-electron chi connectivity index (χ2n) is 4.24. The van der Waals surface area contributed by atoms with E-state index in [1.807, 2.05) is 18.2 Å². The summed E-state index contributed by atoms with van der Waals surface area (Å²) in [6.45, 7) is 3.81. The van der Waals surface area contributed by atoms with Crippen molar-refractivity contribution in [2.45, 2.75) is 0 Å². The van der Waals surface area contributed by atoms with Gasteiger partial charge in [-0.25, -0.2) is 4.79 Å². The monoisotopic (exact) mass is 284 g/mol. The Morgan fingerprint density at radius 1 is 1.05 bits per heavy atom. The molecule has 0 aliphatic carbocycles. The van der Waals surface area contributed by atoms with Gasteiger partial charge in [0, 0.05) is 12.2 Å². The summed E-state index contributed by atoms with van der Waals surface area (Å²) >= 11 is 0. The predicted octanol–water partition coefficient (Wildman–Crippen LogP) is 3.39. The first kappa shape index (κ1) is 14.5. The quantitative estimate of drug-likeness (QED) is 0.352. The largest absolute Gasteiger partial charge is 0.462 e. The highest BCUT2D eigenvalue weighted by atomic mass is 31.1. The lowest BCUT2D eigenvalue weighted by Crippen LogP contribution is -2.05. The van der Waals surface area contributed by atoms with Crippen LogP contribution in [0.25, 0.3) is 11.1 Å². The van der Waals surface area contributed by atoms with Crippen LogP contribution in [0.3, 0.4) is 0 Å². The summed E-state index contributed by atoms with van der Waals surface area (Å²) in [6, 6.07) is 18.8. The summed E-state index contributed by atoms with van der Waals surface area (Å²) in [5, 5.41) is 1.28. The summed E-state index contributed by atoms with van der Waals surface area (Å²) in [5.74, 6) is -0.353. The van der Waals surface area contributed by atoms with E-state index in [4.69, 9.17) is 4.74 Å². The maximum absolute atomic E-state index is 10.9. The third kappa shape index (κ3) is 4.32. The van der Waals surface area contributed by atoms with Crippen LogP contribution in [0.5, 0.6) is 0 Å². The second kappa shape index (κ2) is 7.62. The maximum Gasteiger partial charge on any atom is 0.330 e. The molecule has 0 heterocycles. The van der Waals surface area contributed by atoms with Gasteiger partial charge in [-0.1, -0.05) is 69.8 Å².